The van der Waals surface area contributed by atoms with Crippen molar-refractivity contribution in [3.05, 3.63) is 39.6 Å². The lowest BCUT2D eigenvalue weighted by molar-refractivity contribution is 0.688. The summed E-state index contributed by atoms with van der Waals surface area (Å²) >= 11 is 1.67. The number of rotatable bonds is 4. The van der Waals surface area contributed by atoms with Gasteiger partial charge in [-0.1, -0.05) is 0 Å². The van der Waals surface area contributed by atoms with Crippen LogP contribution in [0, 0.1) is 18.3 Å². The zero-order chi connectivity index (χ0) is 12.3. The van der Waals surface area contributed by atoms with Gasteiger partial charge in [-0.05, 0) is 18.6 Å². The first-order valence-corrected chi connectivity index (χ1v) is 6.24. The van der Waals surface area contributed by atoms with Crippen LogP contribution in [0.25, 0.3) is 0 Å². The number of thiazole rings is 1. The lowest BCUT2D eigenvalue weighted by atomic mass is 10.3. The van der Waals surface area contributed by atoms with Crippen molar-refractivity contribution >= 4 is 11.3 Å². The standard InChI is InChI=1S/C12H14N4S/c1-9-8-17-12(15-9)6-14-5-10-3-11(4-13)16(2)7-10/h3,7-8,14H,5-6H2,1-2H3. The first-order chi connectivity index (χ1) is 8.19. The van der Waals surface area contributed by atoms with Crippen LogP contribution in [0.5, 0.6) is 0 Å². The Bertz CT molecular complexity index is 547. The molecule has 0 unspecified atom stereocenters. The topological polar surface area (TPSA) is 53.6 Å². The fraction of sp³-hybridized carbons (Fsp3) is 0.333. The molecule has 0 bridgehead atoms. The summed E-state index contributed by atoms with van der Waals surface area (Å²) in [6.07, 6.45) is 1.97. The highest BCUT2D eigenvalue weighted by Crippen LogP contribution is 2.09. The molecular formula is C12H14N4S. The van der Waals surface area contributed by atoms with Crippen molar-refractivity contribution in [2.45, 2.75) is 20.0 Å². The van der Waals surface area contributed by atoms with Gasteiger partial charge in [-0.3, -0.25) is 0 Å². The number of nitriles is 1. The van der Waals surface area contributed by atoms with E-state index in [9.17, 15) is 0 Å². The number of aromatic nitrogens is 2. The minimum absolute atomic E-state index is 0.687. The Balaban J connectivity index is 1.88. The zero-order valence-corrected chi connectivity index (χ0v) is 10.7. The Morgan fingerprint density at radius 3 is 2.94 bits per heavy atom. The molecule has 5 heteroatoms. The molecular weight excluding hydrogens is 232 g/mol. The van der Waals surface area contributed by atoms with Crippen LogP contribution in [-0.2, 0) is 20.1 Å². The third-order valence-electron chi connectivity index (χ3n) is 2.45. The van der Waals surface area contributed by atoms with E-state index in [2.05, 4.69) is 16.4 Å². The predicted octanol–water partition coefficient (Wildman–Crippen LogP) is 1.95. The molecule has 0 aliphatic carbocycles. The molecule has 0 aromatic carbocycles. The Morgan fingerprint density at radius 2 is 2.35 bits per heavy atom. The molecule has 0 saturated carbocycles. The second-order valence-corrected chi connectivity index (χ2v) is 4.89. The van der Waals surface area contributed by atoms with E-state index < -0.39 is 0 Å². The van der Waals surface area contributed by atoms with E-state index >= 15 is 0 Å². The van der Waals surface area contributed by atoms with Crippen LogP contribution in [0.2, 0.25) is 0 Å². The third-order valence-corrected chi connectivity index (χ3v) is 3.41. The first-order valence-electron chi connectivity index (χ1n) is 5.36. The van der Waals surface area contributed by atoms with Gasteiger partial charge in [-0.15, -0.1) is 11.3 Å². The monoisotopic (exact) mass is 246 g/mol. The molecule has 2 heterocycles. The lowest BCUT2D eigenvalue weighted by Gasteiger charge is -1.99. The van der Waals surface area contributed by atoms with E-state index in [0.29, 0.717) is 5.69 Å². The highest BCUT2D eigenvalue weighted by atomic mass is 32.1. The van der Waals surface area contributed by atoms with E-state index in [0.717, 1.165) is 29.4 Å². The van der Waals surface area contributed by atoms with E-state index in [1.165, 1.54) is 0 Å². The molecule has 0 spiro atoms. The van der Waals surface area contributed by atoms with Gasteiger partial charge in [-0.25, -0.2) is 4.98 Å². The zero-order valence-electron chi connectivity index (χ0n) is 9.90. The van der Waals surface area contributed by atoms with Crippen molar-refractivity contribution in [1.29, 1.82) is 5.26 Å². The molecule has 2 aromatic heterocycles. The van der Waals surface area contributed by atoms with Crippen molar-refractivity contribution in [2.75, 3.05) is 0 Å². The molecule has 0 aliphatic rings. The second-order valence-electron chi connectivity index (χ2n) is 3.94. The summed E-state index contributed by atoms with van der Waals surface area (Å²) in [5.74, 6) is 0. The van der Waals surface area contributed by atoms with Gasteiger partial charge >= 0.3 is 0 Å². The molecule has 0 amide bonds. The maximum atomic E-state index is 8.84. The van der Waals surface area contributed by atoms with Crippen molar-refractivity contribution in [3.63, 3.8) is 0 Å². The molecule has 0 fully saturated rings. The number of nitrogens with zero attached hydrogens (tertiary/aromatic N) is 3. The molecule has 0 radical (unpaired) electrons. The van der Waals surface area contributed by atoms with E-state index in [1.807, 2.05) is 36.2 Å². The SMILES string of the molecule is Cc1csc(CNCc2cc(C#N)n(C)c2)n1. The summed E-state index contributed by atoms with van der Waals surface area (Å²) in [6.45, 7) is 3.53. The molecule has 1 N–H and O–H groups in total. The quantitative estimate of drug-likeness (QED) is 0.897. The Hall–Kier alpha value is -1.64. The summed E-state index contributed by atoms with van der Waals surface area (Å²) in [7, 11) is 1.88. The smallest absolute Gasteiger partial charge is 0.120 e. The van der Waals surface area contributed by atoms with Gasteiger partial charge in [0.15, 0.2) is 0 Å². The summed E-state index contributed by atoms with van der Waals surface area (Å²) in [5.41, 5.74) is 2.88. The Kier molecular flexibility index (Phi) is 3.57. The van der Waals surface area contributed by atoms with E-state index in [1.54, 1.807) is 11.3 Å². The lowest BCUT2D eigenvalue weighted by Crippen LogP contribution is -2.12. The fourth-order valence-corrected chi connectivity index (χ4v) is 2.38. The van der Waals surface area contributed by atoms with E-state index in [4.69, 9.17) is 5.26 Å². The normalized spacial score (nSPS) is 10.4. The van der Waals surface area contributed by atoms with Crippen molar-refractivity contribution in [2.24, 2.45) is 7.05 Å². The minimum Gasteiger partial charge on any atom is -0.342 e. The van der Waals surface area contributed by atoms with Crippen LogP contribution in [0.15, 0.2) is 17.6 Å². The highest BCUT2D eigenvalue weighted by Gasteiger charge is 2.02. The van der Waals surface area contributed by atoms with E-state index in [-0.39, 0.29) is 0 Å². The van der Waals surface area contributed by atoms with Gasteiger partial charge in [0.1, 0.15) is 16.8 Å². The van der Waals surface area contributed by atoms with Gasteiger partial charge in [0.05, 0.1) is 0 Å². The summed E-state index contributed by atoms with van der Waals surface area (Å²) < 4.78 is 1.84. The molecule has 0 saturated heterocycles. The van der Waals surface area contributed by atoms with Gasteiger partial charge in [-0.2, -0.15) is 5.26 Å². The van der Waals surface area contributed by atoms with Crippen LogP contribution in [0.1, 0.15) is 22.0 Å². The van der Waals surface area contributed by atoms with Crippen molar-refractivity contribution in [3.8, 4) is 6.07 Å². The third kappa shape index (κ3) is 2.93. The average Bonchev–Trinajstić information content (AvgIpc) is 2.85. The average molecular weight is 246 g/mol. The summed E-state index contributed by atoms with van der Waals surface area (Å²) in [6, 6.07) is 4.05. The summed E-state index contributed by atoms with van der Waals surface area (Å²) in [4.78, 5) is 4.38. The molecule has 0 aliphatic heterocycles. The molecule has 0 atom stereocenters. The Morgan fingerprint density at radius 1 is 1.53 bits per heavy atom. The number of aryl methyl sites for hydroxylation is 2. The summed E-state index contributed by atoms with van der Waals surface area (Å²) in [5, 5.41) is 15.3. The maximum absolute atomic E-state index is 8.84. The van der Waals surface area contributed by atoms with Crippen molar-refractivity contribution in [1.82, 2.24) is 14.9 Å². The van der Waals surface area contributed by atoms with Gasteiger partial charge in [0, 0.05) is 37.4 Å². The van der Waals surface area contributed by atoms with Crippen LogP contribution < -0.4 is 5.32 Å². The first kappa shape index (κ1) is 11.8. The molecule has 17 heavy (non-hydrogen) atoms. The largest absolute Gasteiger partial charge is 0.342 e. The molecule has 88 valence electrons. The minimum atomic E-state index is 0.687. The number of hydrogen-bond acceptors (Lipinski definition) is 4. The van der Waals surface area contributed by atoms with Gasteiger partial charge in [0.25, 0.3) is 0 Å². The van der Waals surface area contributed by atoms with Gasteiger partial charge < -0.3 is 9.88 Å². The Labute approximate surface area is 105 Å². The van der Waals surface area contributed by atoms with Crippen molar-refractivity contribution < 1.29 is 0 Å². The number of nitrogens with one attached hydrogen (secondary N) is 1. The second kappa shape index (κ2) is 5.13. The molecule has 2 aromatic rings. The number of hydrogen-bond donors (Lipinski definition) is 1. The highest BCUT2D eigenvalue weighted by molar-refractivity contribution is 7.09. The molecule has 2 rings (SSSR count). The maximum Gasteiger partial charge on any atom is 0.120 e. The van der Waals surface area contributed by atoms with Crippen LogP contribution >= 0.6 is 11.3 Å². The predicted molar refractivity (Wildman–Crippen MR) is 67.5 cm³/mol. The van der Waals surface area contributed by atoms with Crippen LogP contribution in [0.4, 0.5) is 0 Å². The van der Waals surface area contributed by atoms with Crippen LogP contribution in [-0.4, -0.2) is 9.55 Å². The van der Waals surface area contributed by atoms with Gasteiger partial charge in [0.2, 0.25) is 0 Å². The molecule has 4 nitrogen and oxygen atoms in total. The van der Waals surface area contributed by atoms with Crippen LogP contribution in [0.3, 0.4) is 0 Å². The fourth-order valence-electron chi connectivity index (χ4n) is 1.64.